The smallest absolute Gasteiger partial charge is 0.0402 e. The van der Waals surface area contributed by atoms with Gasteiger partial charge in [-0.3, -0.25) is 0 Å². The zero-order valence-corrected chi connectivity index (χ0v) is 7.28. The van der Waals surface area contributed by atoms with E-state index < -0.39 is 0 Å². The van der Waals surface area contributed by atoms with Crippen LogP contribution in [0.3, 0.4) is 0 Å². The predicted molar refractivity (Wildman–Crippen MR) is 23.8 cm³/mol. The van der Waals surface area contributed by atoms with E-state index in [1.165, 1.54) is 0 Å². The molecule has 2 heteroatoms. The van der Waals surface area contributed by atoms with Crippen molar-refractivity contribution in [1.29, 1.82) is 0 Å². The Balaban J connectivity index is -0.0000000275. The minimum absolute atomic E-state index is 0. The summed E-state index contributed by atoms with van der Waals surface area (Å²) in [5.41, 5.74) is 0. The fourth-order valence-electron chi connectivity index (χ4n) is 0. The standard InChI is InChI=1S/C2H6O.C2H5.Y/c1-2-3;1-2;/h3H,2H2,1H3;1H2,2H3;/q;-1;. The molecule has 0 saturated heterocycles. The summed E-state index contributed by atoms with van der Waals surface area (Å²) < 4.78 is 0. The Morgan fingerprint density at radius 2 is 1.50 bits per heavy atom. The van der Waals surface area contributed by atoms with Crippen LogP contribution in [0.2, 0.25) is 0 Å². The second kappa shape index (κ2) is 36.5. The van der Waals surface area contributed by atoms with E-state index in [1.54, 1.807) is 13.8 Å². The normalized spacial score (nSPS) is 4.00. The summed E-state index contributed by atoms with van der Waals surface area (Å²) in [6.45, 7) is 6.93. The van der Waals surface area contributed by atoms with E-state index in [0.717, 1.165) is 0 Å². The van der Waals surface area contributed by atoms with Crippen LogP contribution in [0.25, 0.3) is 0 Å². The molecule has 0 aliphatic carbocycles. The van der Waals surface area contributed by atoms with Gasteiger partial charge in [-0.05, 0) is 6.92 Å². The molecule has 0 atom stereocenters. The van der Waals surface area contributed by atoms with E-state index in [1.807, 2.05) is 0 Å². The molecule has 1 radical (unpaired) electrons. The third-order valence-corrected chi connectivity index (χ3v) is 0. The fourth-order valence-corrected chi connectivity index (χ4v) is 0. The Bertz CT molecular complexity index is 7.51. The molecule has 0 aromatic rings. The maximum atomic E-state index is 7.57. The molecule has 0 saturated carbocycles. The van der Waals surface area contributed by atoms with Crippen molar-refractivity contribution in [3.8, 4) is 0 Å². The van der Waals surface area contributed by atoms with Crippen LogP contribution in [0.15, 0.2) is 0 Å². The van der Waals surface area contributed by atoms with Gasteiger partial charge >= 0.3 is 0 Å². The third kappa shape index (κ3) is 73.9. The molecule has 0 aromatic carbocycles. The van der Waals surface area contributed by atoms with Crippen molar-refractivity contribution < 1.29 is 37.8 Å². The Morgan fingerprint density at radius 1 is 1.50 bits per heavy atom. The molecule has 0 fully saturated rings. The van der Waals surface area contributed by atoms with Crippen LogP contribution in [-0.4, -0.2) is 11.7 Å². The monoisotopic (exact) mass is 164 g/mol. The van der Waals surface area contributed by atoms with E-state index in [-0.39, 0.29) is 39.3 Å². The summed E-state index contributed by atoms with van der Waals surface area (Å²) in [7, 11) is 0. The van der Waals surface area contributed by atoms with Crippen LogP contribution in [0.1, 0.15) is 13.8 Å². The van der Waals surface area contributed by atoms with Gasteiger partial charge in [-0.1, -0.05) is 0 Å². The molecule has 0 bridgehead atoms. The van der Waals surface area contributed by atoms with Crippen LogP contribution in [0.5, 0.6) is 0 Å². The van der Waals surface area contributed by atoms with Gasteiger partial charge in [-0.25, -0.2) is 0 Å². The van der Waals surface area contributed by atoms with E-state index >= 15 is 0 Å². The topological polar surface area (TPSA) is 20.2 Å². The summed E-state index contributed by atoms with van der Waals surface area (Å²) in [6, 6.07) is 0. The first-order chi connectivity index (χ1) is 2.41. The van der Waals surface area contributed by atoms with Crippen LogP contribution in [-0.2, 0) is 32.7 Å². The van der Waals surface area contributed by atoms with E-state index in [2.05, 4.69) is 6.92 Å². The molecule has 0 amide bonds. The van der Waals surface area contributed by atoms with Gasteiger partial charge in [-0.15, -0.1) is 0 Å². The summed E-state index contributed by atoms with van der Waals surface area (Å²) in [6.07, 6.45) is 0. The molecule has 6 heavy (non-hydrogen) atoms. The molecule has 0 aliphatic heterocycles. The molecular formula is C4H11OY-. The summed E-state index contributed by atoms with van der Waals surface area (Å²) in [5, 5.41) is 7.57. The molecule has 0 rings (SSSR count). The Hall–Kier alpha value is 1.06. The Morgan fingerprint density at radius 3 is 1.50 bits per heavy atom. The minimum atomic E-state index is 0. The fraction of sp³-hybridized carbons (Fsp3) is 0.750. The second-order valence-corrected chi connectivity index (χ2v) is 0.316. The van der Waals surface area contributed by atoms with Crippen LogP contribution >= 0.6 is 0 Å². The zero-order valence-electron chi connectivity index (χ0n) is 4.44. The molecule has 0 heterocycles. The molecule has 1 nitrogen and oxygen atoms in total. The van der Waals surface area contributed by atoms with Gasteiger partial charge in [-0.2, -0.15) is 6.92 Å². The van der Waals surface area contributed by atoms with Gasteiger partial charge in [0.2, 0.25) is 0 Å². The first kappa shape index (κ1) is 15.7. The second-order valence-electron chi connectivity index (χ2n) is 0.316. The van der Waals surface area contributed by atoms with Gasteiger partial charge in [0.1, 0.15) is 0 Å². The maximum absolute atomic E-state index is 7.57. The van der Waals surface area contributed by atoms with Gasteiger partial charge in [0.25, 0.3) is 0 Å². The summed E-state index contributed by atoms with van der Waals surface area (Å²) in [4.78, 5) is 0. The molecule has 1 N–H and O–H groups in total. The molecule has 0 unspecified atom stereocenters. The maximum Gasteiger partial charge on any atom is 0.0402 e. The Kier molecular flexibility index (Phi) is 95.7. The minimum Gasteiger partial charge on any atom is -0.397 e. The third-order valence-electron chi connectivity index (χ3n) is 0. The van der Waals surface area contributed by atoms with Crippen molar-refractivity contribution in [2.75, 3.05) is 6.61 Å². The van der Waals surface area contributed by atoms with E-state index in [9.17, 15) is 0 Å². The van der Waals surface area contributed by atoms with Gasteiger partial charge in [0.05, 0.1) is 0 Å². The van der Waals surface area contributed by atoms with Crippen LogP contribution < -0.4 is 0 Å². The summed E-state index contributed by atoms with van der Waals surface area (Å²) >= 11 is 0. The molecule has 37 valence electrons. The SMILES string of the molecule is CCO.[CH2-]C.[Y]. The van der Waals surface area contributed by atoms with Gasteiger partial charge in [0.15, 0.2) is 0 Å². The largest absolute Gasteiger partial charge is 0.397 e. The van der Waals surface area contributed by atoms with Crippen LogP contribution in [0, 0.1) is 6.92 Å². The van der Waals surface area contributed by atoms with Gasteiger partial charge in [0, 0.05) is 39.3 Å². The van der Waals surface area contributed by atoms with Crippen molar-refractivity contribution in [2.45, 2.75) is 13.8 Å². The van der Waals surface area contributed by atoms with Crippen LogP contribution in [0.4, 0.5) is 0 Å². The number of aliphatic hydroxyl groups excluding tert-OH is 1. The first-order valence-corrected chi connectivity index (χ1v) is 1.73. The van der Waals surface area contributed by atoms with Crippen molar-refractivity contribution in [3.63, 3.8) is 0 Å². The number of hydrogen-bond donors (Lipinski definition) is 1. The number of aliphatic hydroxyl groups is 1. The molecular weight excluding hydrogens is 153 g/mol. The van der Waals surface area contributed by atoms with E-state index in [4.69, 9.17) is 5.11 Å². The van der Waals surface area contributed by atoms with Crippen molar-refractivity contribution in [3.05, 3.63) is 6.92 Å². The van der Waals surface area contributed by atoms with Crippen molar-refractivity contribution in [2.24, 2.45) is 0 Å². The molecule has 0 aromatic heterocycles. The van der Waals surface area contributed by atoms with Crippen molar-refractivity contribution in [1.82, 2.24) is 0 Å². The van der Waals surface area contributed by atoms with E-state index in [0.29, 0.717) is 0 Å². The Labute approximate surface area is 65.0 Å². The quantitative estimate of drug-likeness (QED) is 0.526. The number of hydrogen-bond acceptors (Lipinski definition) is 1. The zero-order chi connectivity index (χ0) is 4.71. The molecule has 0 spiro atoms. The van der Waals surface area contributed by atoms with Crippen molar-refractivity contribution >= 4 is 0 Å². The number of rotatable bonds is 0. The predicted octanol–water partition coefficient (Wildman–Crippen LogP) is 0.836. The first-order valence-electron chi connectivity index (χ1n) is 1.73. The average molecular weight is 164 g/mol. The van der Waals surface area contributed by atoms with Gasteiger partial charge < -0.3 is 12.0 Å². The molecule has 0 aliphatic rings. The average Bonchev–Trinajstić information content (AvgIpc) is 1.46. The summed E-state index contributed by atoms with van der Waals surface area (Å²) in [5.74, 6) is 0.